The van der Waals surface area contributed by atoms with Crippen LogP contribution in [0.25, 0.3) is 0 Å². The lowest BCUT2D eigenvalue weighted by atomic mass is 10.2. The standard InChI is InChI=1S/C13H15N5/c1-9-3-2-4-13(18-9)17-8-10-7-16-11(6-14)5-12(10)15/h2-5,7-8H,6,14H2,1H3,(H2,15,16)/b17-8+. The second kappa shape index (κ2) is 5.37. The topological polar surface area (TPSA) is 90.2 Å². The van der Waals surface area contributed by atoms with Crippen LogP contribution in [0.2, 0.25) is 0 Å². The third-order valence-corrected chi connectivity index (χ3v) is 2.44. The second-order valence-corrected chi connectivity index (χ2v) is 3.90. The number of nitrogens with zero attached hydrogens (tertiary/aromatic N) is 3. The number of hydrogen-bond acceptors (Lipinski definition) is 5. The Bertz CT molecular complexity index is 577. The Labute approximate surface area is 106 Å². The zero-order valence-electron chi connectivity index (χ0n) is 10.2. The van der Waals surface area contributed by atoms with Crippen LogP contribution in [-0.2, 0) is 6.54 Å². The first-order valence-electron chi connectivity index (χ1n) is 5.61. The fraction of sp³-hybridized carbons (Fsp3) is 0.154. The fourth-order valence-electron chi connectivity index (χ4n) is 1.48. The molecular weight excluding hydrogens is 226 g/mol. The van der Waals surface area contributed by atoms with E-state index in [4.69, 9.17) is 11.5 Å². The number of rotatable bonds is 3. The molecule has 0 amide bonds. The van der Waals surface area contributed by atoms with E-state index in [1.807, 2.05) is 25.1 Å². The molecule has 0 aliphatic rings. The zero-order chi connectivity index (χ0) is 13.0. The molecule has 5 nitrogen and oxygen atoms in total. The number of nitrogens with two attached hydrogens (primary N) is 2. The molecule has 5 heteroatoms. The van der Waals surface area contributed by atoms with Gasteiger partial charge < -0.3 is 11.5 Å². The van der Waals surface area contributed by atoms with Gasteiger partial charge in [-0.3, -0.25) is 4.98 Å². The highest BCUT2D eigenvalue weighted by Gasteiger charge is 1.99. The lowest BCUT2D eigenvalue weighted by molar-refractivity contribution is 0.991. The summed E-state index contributed by atoms with van der Waals surface area (Å²) < 4.78 is 0. The van der Waals surface area contributed by atoms with E-state index in [2.05, 4.69) is 15.0 Å². The predicted octanol–water partition coefficient (Wildman–Crippen LogP) is 1.58. The van der Waals surface area contributed by atoms with Crippen molar-refractivity contribution in [1.82, 2.24) is 9.97 Å². The molecule has 0 saturated heterocycles. The minimum Gasteiger partial charge on any atom is -0.398 e. The molecule has 2 rings (SSSR count). The number of hydrogen-bond donors (Lipinski definition) is 2. The van der Waals surface area contributed by atoms with Gasteiger partial charge in [0.05, 0.1) is 5.69 Å². The summed E-state index contributed by atoms with van der Waals surface area (Å²) in [5.41, 5.74) is 14.4. The van der Waals surface area contributed by atoms with Gasteiger partial charge in [-0.05, 0) is 25.1 Å². The first-order valence-corrected chi connectivity index (χ1v) is 5.61. The first kappa shape index (κ1) is 12.2. The average molecular weight is 241 g/mol. The lowest BCUT2D eigenvalue weighted by Gasteiger charge is -2.02. The molecule has 0 saturated carbocycles. The number of pyridine rings is 2. The summed E-state index contributed by atoms with van der Waals surface area (Å²) in [4.78, 5) is 12.7. The van der Waals surface area contributed by atoms with Crippen LogP contribution in [0.5, 0.6) is 0 Å². The molecule has 0 unspecified atom stereocenters. The molecule has 0 aliphatic carbocycles. The smallest absolute Gasteiger partial charge is 0.152 e. The summed E-state index contributed by atoms with van der Waals surface area (Å²) in [7, 11) is 0. The summed E-state index contributed by atoms with van der Waals surface area (Å²) in [6, 6.07) is 7.42. The first-order chi connectivity index (χ1) is 8.69. The molecule has 0 spiro atoms. The number of aromatic nitrogens is 2. The van der Waals surface area contributed by atoms with Gasteiger partial charge >= 0.3 is 0 Å². The summed E-state index contributed by atoms with van der Waals surface area (Å²) in [6.45, 7) is 2.30. The Morgan fingerprint density at radius 3 is 2.89 bits per heavy atom. The van der Waals surface area contributed by atoms with Crippen LogP contribution < -0.4 is 11.5 Å². The van der Waals surface area contributed by atoms with Crippen LogP contribution in [0.3, 0.4) is 0 Å². The van der Waals surface area contributed by atoms with E-state index in [9.17, 15) is 0 Å². The molecule has 0 radical (unpaired) electrons. The van der Waals surface area contributed by atoms with Gasteiger partial charge in [0.15, 0.2) is 5.82 Å². The molecule has 2 aromatic heterocycles. The Morgan fingerprint density at radius 1 is 1.39 bits per heavy atom. The van der Waals surface area contributed by atoms with Crippen molar-refractivity contribution in [2.24, 2.45) is 10.7 Å². The summed E-state index contributed by atoms with van der Waals surface area (Å²) in [5.74, 6) is 0.650. The number of aryl methyl sites for hydroxylation is 1. The molecule has 18 heavy (non-hydrogen) atoms. The van der Waals surface area contributed by atoms with Crippen molar-refractivity contribution in [1.29, 1.82) is 0 Å². The van der Waals surface area contributed by atoms with E-state index in [1.165, 1.54) is 0 Å². The Kier molecular flexibility index (Phi) is 3.64. The highest BCUT2D eigenvalue weighted by Crippen LogP contribution is 2.12. The summed E-state index contributed by atoms with van der Waals surface area (Å²) in [6.07, 6.45) is 3.32. The largest absolute Gasteiger partial charge is 0.398 e. The van der Waals surface area contributed by atoms with Crippen LogP contribution in [0.1, 0.15) is 17.0 Å². The van der Waals surface area contributed by atoms with Crippen molar-refractivity contribution in [2.45, 2.75) is 13.5 Å². The molecule has 92 valence electrons. The van der Waals surface area contributed by atoms with Crippen LogP contribution in [0.15, 0.2) is 35.5 Å². The van der Waals surface area contributed by atoms with E-state index < -0.39 is 0 Å². The van der Waals surface area contributed by atoms with E-state index in [-0.39, 0.29) is 0 Å². The van der Waals surface area contributed by atoms with Gasteiger partial charge in [-0.2, -0.15) is 0 Å². The highest BCUT2D eigenvalue weighted by molar-refractivity contribution is 5.87. The maximum absolute atomic E-state index is 5.88. The third kappa shape index (κ3) is 2.89. The minimum atomic E-state index is 0.376. The van der Waals surface area contributed by atoms with Crippen molar-refractivity contribution in [3.05, 3.63) is 47.4 Å². The van der Waals surface area contributed by atoms with Gasteiger partial charge in [0.2, 0.25) is 0 Å². The fourth-order valence-corrected chi connectivity index (χ4v) is 1.48. The minimum absolute atomic E-state index is 0.376. The predicted molar refractivity (Wildman–Crippen MR) is 72.8 cm³/mol. The van der Waals surface area contributed by atoms with E-state index in [1.54, 1.807) is 18.5 Å². The van der Waals surface area contributed by atoms with Crippen molar-refractivity contribution in [3.63, 3.8) is 0 Å². The number of aliphatic imine (C=N–C) groups is 1. The van der Waals surface area contributed by atoms with Gasteiger partial charge in [0.25, 0.3) is 0 Å². The maximum atomic E-state index is 5.88. The lowest BCUT2D eigenvalue weighted by Crippen LogP contribution is -2.03. The Morgan fingerprint density at radius 2 is 2.22 bits per heavy atom. The normalized spacial score (nSPS) is 11.0. The van der Waals surface area contributed by atoms with Gasteiger partial charge in [0, 0.05) is 35.9 Å². The second-order valence-electron chi connectivity index (χ2n) is 3.90. The molecular formula is C13H15N5. The number of nitrogen functional groups attached to an aromatic ring is 1. The number of anilines is 1. The summed E-state index contributed by atoms with van der Waals surface area (Å²) >= 11 is 0. The molecule has 0 atom stereocenters. The molecule has 0 aromatic carbocycles. The molecule has 0 bridgehead atoms. The molecule has 0 aliphatic heterocycles. The van der Waals surface area contributed by atoms with Gasteiger partial charge in [0.1, 0.15) is 0 Å². The van der Waals surface area contributed by atoms with Crippen molar-refractivity contribution < 1.29 is 0 Å². The van der Waals surface area contributed by atoms with Crippen molar-refractivity contribution in [3.8, 4) is 0 Å². The third-order valence-electron chi connectivity index (χ3n) is 2.44. The van der Waals surface area contributed by atoms with E-state index in [0.29, 0.717) is 18.1 Å². The molecule has 0 fully saturated rings. The maximum Gasteiger partial charge on any atom is 0.152 e. The van der Waals surface area contributed by atoms with Crippen LogP contribution in [-0.4, -0.2) is 16.2 Å². The highest BCUT2D eigenvalue weighted by atomic mass is 14.9. The Hall–Kier alpha value is -2.27. The van der Waals surface area contributed by atoms with Gasteiger partial charge in [-0.15, -0.1) is 0 Å². The van der Waals surface area contributed by atoms with Gasteiger partial charge in [-0.1, -0.05) is 6.07 Å². The SMILES string of the molecule is Cc1cccc(/N=C/c2cnc(CN)cc2N)n1. The van der Waals surface area contributed by atoms with E-state index in [0.717, 1.165) is 17.0 Å². The molecule has 2 heterocycles. The quantitative estimate of drug-likeness (QED) is 0.798. The van der Waals surface area contributed by atoms with Crippen LogP contribution in [0.4, 0.5) is 11.5 Å². The van der Waals surface area contributed by atoms with E-state index >= 15 is 0 Å². The van der Waals surface area contributed by atoms with Crippen molar-refractivity contribution in [2.75, 3.05) is 5.73 Å². The molecule has 4 N–H and O–H groups in total. The van der Waals surface area contributed by atoms with Crippen LogP contribution in [0, 0.1) is 6.92 Å². The molecule has 2 aromatic rings. The summed E-state index contributed by atoms with van der Waals surface area (Å²) in [5, 5.41) is 0. The van der Waals surface area contributed by atoms with Gasteiger partial charge in [-0.25, -0.2) is 9.98 Å². The van der Waals surface area contributed by atoms with Crippen molar-refractivity contribution >= 4 is 17.7 Å². The Balaban J connectivity index is 2.23. The average Bonchev–Trinajstić information content (AvgIpc) is 2.37. The zero-order valence-corrected chi connectivity index (χ0v) is 10.2. The van der Waals surface area contributed by atoms with Crippen LogP contribution >= 0.6 is 0 Å². The monoisotopic (exact) mass is 241 g/mol.